The van der Waals surface area contributed by atoms with Crippen molar-refractivity contribution in [3.63, 3.8) is 0 Å². The molecule has 2 unspecified atom stereocenters. The SMILES string of the molecule is Oc1ccc(C=Cc2ccc3c(c2)OC(c2ccc(O)cc2)C3c2cc(O)cc(O)c2)cc1. The molecule has 4 aromatic carbocycles. The Bertz CT molecular complexity index is 1300. The minimum Gasteiger partial charge on any atom is -0.508 e. The van der Waals surface area contributed by atoms with Crippen LogP contribution in [0.3, 0.4) is 0 Å². The first kappa shape index (κ1) is 20.5. The second-order valence-electron chi connectivity index (χ2n) is 8.11. The van der Waals surface area contributed by atoms with Crippen molar-refractivity contribution in [3.05, 3.63) is 113 Å². The number of hydrogen-bond acceptors (Lipinski definition) is 5. The van der Waals surface area contributed by atoms with Gasteiger partial charge in [0.2, 0.25) is 0 Å². The fourth-order valence-electron chi connectivity index (χ4n) is 4.24. The summed E-state index contributed by atoms with van der Waals surface area (Å²) in [5.41, 5.74) is 4.46. The van der Waals surface area contributed by atoms with E-state index in [4.69, 9.17) is 4.74 Å². The third kappa shape index (κ3) is 4.21. The second kappa shape index (κ2) is 8.28. The first-order valence-electron chi connectivity index (χ1n) is 10.6. The Kier molecular flexibility index (Phi) is 5.15. The fraction of sp³-hybridized carbons (Fsp3) is 0.0714. The Morgan fingerprint density at radius 1 is 0.545 bits per heavy atom. The summed E-state index contributed by atoms with van der Waals surface area (Å²) in [5.74, 6) is 0.823. The van der Waals surface area contributed by atoms with E-state index >= 15 is 0 Å². The van der Waals surface area contributed by atoms with Gasteiger partial charge in [0, 0.05) is 11.6 Å². The molecule has 0 saturated carbocycles. The molecule has 2 atom stereocenters. The zero-order chi connectivity index (χ0) is 22.9. The van der Waals surface area contributed by atoms with Crippen molar-refractivity contribution < 1.29 is 25.2 Å². The Morgan fingerprint density at radius 2 is 1.12 bits per heavy atom. The second-order valence-corrected chi connectivity index (χ2v) is 8.11. The van der Waals surface area contributed by atoms with E-state index in [1.165, 1.54) is 6.07 Å². The standard InChI is InChI=1S/C28H22O5/c29-21-8-3-17(4-9-21)1-2-18-5-12-25-26(13-18)33-28(19-6-10-22(30)11-7-19)27(25)20-14-23(31)16-24(32)15-20/h1-16,27-32H. The lowest BCUT2D eigenvalue weighted by atomic mass is 9.84. The van der Waals surface area contributed by atoms with Crippen LogP contribution >= 0.6 is 0 Å². The van der Waals surface area contributed by atoms with Crippen LogP contribution in [0.15, 0.2) is 84.9 Å². The number of phenolic OH excluding ortho intramolecular Hbond substituents is 4. The third-order valence-corrected chi connectivity index (χ3v) is 5.80. The third-order valence-electron chi connectivity index (χ3n) is 5.80. The van der Waals surface area contributed by atoms with E-state index in [0.717, 1.165) is 27.8 Å². The molecular weight excluding hydrogens is 416 g/mol. The van der Waals surface area contributed by atoms with Crippen molar-refractivity contribution in [1.82, 2.24) is 0 Å². The molecule has 1 heterocycles. The molecule has 0 fully saturated rings. The van der Waals surface area contributed by atoms with Crippen LogP contribution in [0.4, 0.5) is 0 Å². The normalized spacial score (nSPS) is 17.1. The number of fused-ring (bicyclic) bond motifs is 1. The van der Waals surface area contributed by atoms with Crippen molar-refractivity contribution in [3.8, 4) is 28.7 Å². The molecule has 4 N–H and O–H groups in total. The van der Waals surface area contributed by atoms with Crippen molar-refractivity contribution in [2.24, 2.45) is 0 Å². The van der Waals surface area contributed by atoms with Gasteiger partial charge in [-0.25, -0.2) is 0 Å². The Labute approximate surface area is 191 Å². The maximum absolute atomic E-state index is 10.1. The van der Waals surface area contributed by atoms with Crippen LogP contribution in [-0.2, 0) is 0 Å². The molecule has 33 heavy (non-hydrogen) atoms. The van der Waals surface area contributed by atoms with Crippen LogP contribution in [0.1, 0.15) is 39.8 Å². The van der Waals surface area contributed by atoms with Gasteiger partial charge >= 0.3 is 0 Å². The number of ether oxygens (including phenoxy) is 1. The molecule has 0 radical (unpaired) electrons. The van der Waals surface area contributed by atoms with Crippen LogP contribution in [0, 0.1) is 0 Å². The van der Waals surface area contributed by atoms with Gasteiger partial charge in [-0.15, -0.1) is 0 Å². The number of rotatable bonds is 4. The molecule has 0 aromatic heterocycles. The molecule has 5 rings (SSSR count). The van der Waals surface area contributed by atoms with Crippen LogP contribution in [0.2, 0.25) is 0 Å². The van der Waals surface area contributed by atoms with E-state index < -0.39 is 6.10 Å². The van der Waals surface area contributed by atoms with Gasteiger partial charge in [-0.2, -0.15) is 0 Å². The lowest BCUT2D eigenvalue weighted by Gasteiger charge is -2.20. The molecule has 0 amide bonds. The smallest absolute Gasteiger partial charge is 0.135 e. The highest BCUT2D eigenvalue weighted by molar-refractivity contribution is 5.71. The Balaban J connectivity index is 1.54. The van der Waals surface area contributed by atoms with Gasteiger partial charge < -0.3 is 25.2 Å². The molecule has 5 heteroatoms. The molecule has 0 bridgehead atoms. The van der Waals surface area contributed by atoms with Gasteiger partial charge in [0.15, 0.2) is 0 Å². The average Bonchev–Trinajstić information content (AvgIpc) is 3.17. The highest BCUT2D eigenvalue weighted by Gasteiger charge is 2.37. The van der Waals surface area contributed by atoms with Crippen LogP contribution < -0.4 is 4.74 Å². The van der Waals surface area contributed by atoms with E-state index in [1.807, 2.05) is 54.6 Å². The summed E-state index contributed by atoms with van der Waals surface area (Å²) in [6.07, 6.45) is 3.54. The zero-order valence-electron chi connectivity index (χ0n) is 17.6. The number of phenols is 4. The van der Waals surface area contributed by atoms with Gasteiger partial charge in [0.05, 0.1) is 5.92 Å². The molecule has 1 aliphatic rings. The minimum absolute atomic E-state index is 0.0173. The van der Waals surface area contributed by atoms with E-state index in [0.29, 0.717) is 5.75 Å². The predicted octanol–water partition coefficient (Wildman–Crippen LogP) is 5.95. The van der Waals surface area contributed by atoms with Gasteiger partial charge in [-0.3, -0.25) is 0 Å². The topological polar surface area (TPSA) is 90.2 Å². The highest BCUT2D eigenvalue weighted by Crippen LogP contribution is 2.50. The maximum Gasteiger partial charge on any atom is 0.135 e. The first-order chi connectivity index (χ1) is 16.0. The largest absolute Gasteiger partial charge is 0.508 e. The van der Waals surface area contributed by atoms with Crippen molar-refractivity contribution in [2.45, 2.75) is 12.0 Å². The summed E-state index contributed by atoms with van der Waals surface area (Å²) >= 11 is 0. The van der Waals surface area contributed by atoms with Crippen molar-refractivity contribution in [2.75, 3.05) is 0 Å². The Hall–Kier alpha value is -4.38. The molecule has 0 spiro atoms. The summed E-state index contributed by atoms with van der Waals surface area (Å²) in [4.78, 5) is 0. The molecular formula is C28H22O5. The molecule has 4 aromatic rings. The quantitative estimate of drug-likeness (QED) is 0.296. The molecule has 164 valence electrons. The highest BCUT2D eigenvalue weighted by atomic mass is 16.5. The Morgan fingerprint density at radius 3 is 1.79 bits per heavy atom. The first-order valence-corrected chi connectivity index (χ1v) is 10.6. The summed E-state index contributed by atoms with van der Waals surface area (Å²) in [7, 11) is 0. The van der Waals surface area contributed by atoms with E-state index in [-0.39, 0.29) is 28.9 Å². The van der Waals surface area contributed by atoms with Crippen LogP contribution in [-0.4, -0.2) is 20.4 Å². The van der Waals surface area contributed by atoms with Crippen molar-refractivity contribution in [1.29, 1.82) is 0 Å². The van der Waals surface area contributed by atoms with Gasteiger partial charge in [0.25, 0.3) is 0 Å². The monoisotopic (exact) mass is 438 g/mol. The van der Waals surface area contributed by atoms with Crippen LogP contribution in [0.25, 0.3) is 12.2 Å². The maximum atomic E-state index is 10.1. The zero-order valence-corrected chi connectivity index (χ0v) is 17.6. The lowest BCUT2D eigenvalue weighted by molar-refractivity contribution is 0.222. The summed E-state index contributed by atoms with van der Waals surface area (Å²) in [5, 5.41) is 39.3. The molecule has 0 aliphatic carbocycles. The number of hydrogen-bond donors (Lipinski definition) is 4. The van der Waals surface area contributed by atoms with E-state index in [1.54, 1.807) is 36.4 Å². The molecule has 0 saturated heterocycles. The van der Waals surface area contributed by atoms with Gasteiger partial charge in [0.1, 0.15) is 34.9 Å². The summed E-state index contributed by atoms with van der Waals surface area (Å²) < 4.78 is 6.38. The minimum atomic E-state index is -0.391. The molecule has 1 aliphatic heterocycles. The van der Waals surface area contributed by atoms with Crippen molar-refractivity contribution >= 4 is 12.2 Å². The lowest BCUT2D eigenvalue weighted by Crippen LogP contribution is -2.11. The van der Waals surface area contributed by atoms with Gasteiger partial charge in [-0.1, -0.05) is 48.6 Å². The van der Waals surface area contributed by atoms with Crippen LogP contribution in [0.5, 0.6) is 28.7 Å². The average molecular weight is 438 g/mol. The number of aromatic hydroxyl groups is 4. The molecule has 5 nitrogen and oxygen atoms in total. The summed E-state index contributed by atoms with van der Waals surface area (Å²) in [6, 6.07) is 24.3. The predicted molar refractivity (Wildman–Crippen MR) is 127 cm³/mol. The number of benzene rings is 4. The fourth-order valence-corrected chi connectivity index (χ4v) is 4.24. The van der Waals surface area contributed by atoms with E-state index in [2.05, 4.69) is 0 Å². The van der Waals surface area contributed by atoms with Gasteiger partial charge in [-0.05, 0) is 64.7 Å². The summed E-state index contributed by atoms with van der Waals surface area (Å²) in [6.45, 7) is 0. The van der Waals surface area contributed by atoms with E-state index in [9.17, 15) is 20.4 Å².